The molecule has 0 aliphatic heterocycles. The molecule has 6 nitrogen and oxygen atoms in total. The molecule has 8 heteroatoms. The Kier molecular flexibility index (Phi) is 5.15. The van der Waals surface area contributed by atoms with Gasteiger partial charge < -0.3 is 9.73 Å². The normalized spacial score (nSPS) is 12.0. The first kappa shape index (κ1) is 16.2. The van der Waals surface area contributed by atoms with Gasteiger partial charge in [0.15, 0.2) is 0 Å². The van der Waals surface area contributed by atoms with Gasteiger partial charge in [0, 0.05) is 29.7 Å². The van der Waals surface area contributed by atoms with Crippen molar-refractivity contribution in [3.05, 3.63) is 33.7 Å². The fraction of sp³-hybridized carbons (Fsp3) is 0.462. The van der Waals surface area contributed by atoms with E-state index >= 15 is 0 Å². The van der Waals surface area contributed by atoms with Crippen molar-refractivity contribution in [2.24, 2.45) is 0 Å². The van der Waals surface area contributed by atoms with Crippen molar-refractivity contribution in [3.63, 3.8) is 0 Å². The number of aryl methyl sites for hydroxylation is 2. The van der Waals surface area contributed by atoms with Crippen LogP contribution in [0.3, 0.4) is 0 Å². The van der Waals surface area contributed by atoms with Crippen LogP contribution in [0, 0.1) is 13.8 Å². The van der Waals surface area contributed by atoms with E-state index in [2.05, 4.69) is 15.0 Å². The molecule has 0 bridgehead atoms. The maximum atomic E-state index is 12.5. The molecule has 0 radical (unpaired) electrons. The van der Waals surface area contributed by atoms with Crippen LogP contribution in [0.5, 0.6) is 0 Å². The highest BCUT2D eigenvalue weighted by Gasteiger charge is 2.26. The van der Waals surface area contributed by atoms with E-state index in [9.17, 15) is 8.42 Å². The molecule has 0 aromatic carbocycles. The minimum absolute atomic E-state index is 0.233. The van der Waals surface area contributed by atoms with Crippen molar-refractivity contribution in [2.75, 3.05) is 6.54 Å². The lowest BCUT2D eigenvalue weighted by molar-refractivity contribution is 0.493. The van der Waals surface area contributed by atoms with E-state index in [1.165, 1.54) is 11.3 Å². The number of nitrogens with zero attached hydrogens (tertiary/aromatic N) is 1. The van der Waals surface area contributed by atoms with E-state index < -0.39 is 10.0 Å². The molecule has 2 aromatic heterocycles. The Morgan fingerprint density at radius 2 is 2.05 bits per heavy atom. The summed E-state index contributed by atoms with van der Waals surface area (Å²) in [6, 6.07) is 0. The first-order valence-electron chi connectivity index (χ1n) is 6.62. The third kappa shape index (κ3) is 3.70. The lowest BCUT2D eigenvalue weighted by Gasteiger charge is -2.08. The fourth-order valence-electron chi connectivity index (χ4n) is 2.08. The van der Waals surface area contributed by atoms with Gasteiger partial charge in [-0.3, -0.25) is 4.98 Å². The van der Waals surface area contributed by atoms with Crippen molar-refractivity contribution >= 4 is 21.4 Å². The van der Waals surface area contributed by atoms with Crippen molar-refractivity contribution in [2.45, 2.75) is 38.8 Å². The van der Waals surface area contributed by atoms with Crippen LogP contribution in [-0.4, -0.2) is 19.9 Å². The molecule has 116 valence electrons. The summed E-state index contributed by atoms with van der Waals surface area (Å²) in [4.78, 5) is 5.04. The Hall–Kier alpha value is -1.22. The third-order valence-electron chi connectivity index (χ3n) is 3.07. The SMILES string of the molecule is CCNCc1c(C)oc(C)c1S(=O)(=O)NCc1cncs1. The van der Waals surface area contributed by atoms with E-state index in [-0.39, 0.29) is 11.4 Å². The number of nitrogens with one attached hydrogen (secondary N) is 2. The van der Waals surface area contributed by atoms with Crippen molar-refractivity contribution in [1.82, 2.24) is 15.0 Å². The zero-order chi connectivity index (χ0) is 15.5. The lowest BCUT2D eigenvalue weighted by atomic mass is 10.2. The summed E-state index contributed by atoms with van der Waals surface area (Å²) < 4.78 is 33.2. The Morgan fingerprint density at radius 1 is 1.29 bits per heavy atom. The predicted octanol–water partition coefficient (Wildman–Crippen LogP) is 1.94. The molecule has 0 fully saturated rings. The molecular weight excluding hydrogens is 310 g/mol. The molecule has 2 aromatic rings. The van der Waals surface area contributed by atoms with Gasteiger partial charge >= 0.3 is 0 Å². The van der Waals surface area contributed by atoms with Gasteiger partial charge in [-0.05, 0) is 20.4 Å². The highest BCUT2D eigenvalue weighted by Crippen LogP contribution is 2.26. The van der Waals surface area contributed by atoms with E-state index in [4.69, 9.17) is 4.42 Å². The van der Waals surface area contributed by atoms with Crippen LogP contribution in [0.2, 0.25) is 0 Å². The summed E-state index contributed by atoms with van der Waals surface area (Å²) >= 11 is 1.41. The highest BCUT2D eigenvalue weighted by molar-refractivity contribution is 7.89. The van der Waals surface area contributed by atoms with Gasteiger partial charge in [-0.2, -0.15) is 0 Å². The zero-order valence-electron chi connectivity index (χ0n) is 12.3. The summed E-state index contributed by atoms with van der Waals surface area (Å²) in [5.74, 6) is 1.05. The third-order valence-corrected chi connectivity index (χ3v) is 5.44. The van der Waals surface area contributed by atoms with E-state index in [0.29, 0.717) is 23.6 Å². The smallest absolute Gasteiger partial charge is 0.244 e. The molecule has 2 rings (SSSR count). The summed E-state index contributed by atoms with van der Waals surface area (Å²) in [6.45, 7) is 6.88. The van der Waals surface area contributed by atoms with Gasteiger partial charge in [-0.15, -0.1) is 11.3 Å². The molecule has 0 aliphatic rings. The molecule has 0 saturated carbocycles. The molecule has 0 atom stereocenters. The summed E-state index contributed by atoms with van der Waals surface area (Å²) in [5, 5.41) is 3.14. The van der Waals surface area contributed by atoms with Crippen LogP contribution in [-0.2, 0) is 23.1 Å². The average Bonchev–Trinajstić information content (AvgIpc) is 3.02. The standard InChI is InChI=1S/C13H19N3O3S2/c1-4-14-7-12-9(2)19-10(3)13(12)21(17,18)16-6-11-5-15-8-20-11/h5,8,14,16H,4,6-7H2,1-3H3. The van der Waals surface area contributed by atoms with Crippen LogP contribution in [0.25, 0.3) is 0 Å². The van der Waals surface area contributed by atoms with Crippen molar-refractivity contribution < 1.29 is 12.8 Å². The highest BCUT2D eigenvalue weighted by atomic mass is 32.2. The topological polar surface area (TPSA) is 84.2 Å². The Morgan fingerprint density at radius 3 is 2.67 bits per heavy atom. The maximum Gasteiger partial charge on any atom is 0.244 e. The first-order chi connectivity index (χ1) is 9.95. The zero-order valence-corrected chi connectivity index (χ0v) is 13.9. The summed E-state index contributed by atoms with van der Waals surface area (Å²) in [5.41, 5.74) is 2.36. The molecular formula is C13H19N3O3S2. The predicted molar refractivity (Wildman–Crippen MR) is 81.7 cm³/mol. The van der Waals surface area contributed by atoms with E-state index in [0.717, 1.165) is 11.4 Å². The number of sulfonamides is 1. The van der Waals surface area contributed by atoms with E-state index in [1.807, 2.05) is 6.92 Å². The average molecular weight is 329 g/mol. The molecule has 0 saturated heterocycles. The number of furan rings is 1. The quantitative estimate of drug-likeness (QED) is 0.811. The van der Waals surface area contributed by atoms with E-state index in [1.54, 1.807) is 25.6 Å². The molecule has 0 unspecified atom stereocenters. The monoisotopic (exact) mass is 329 g/mol. The van der Waals surface area contributed by atoms with Gasteiger partial charge in [0.25, 0.3) is 0 Å². The maximum absolute atomic E-state index is 12.5. The number of rotatable bonds is 7. The molecule has 21 heavy (non-hydrogen) atoms. The fourth-order valence-corrected chi connectivity index (χ4v) is 4.16. The van der Waals surface area contributed by atoms with Gasteiger partial charge in [0.1, 0.15) is 16.4 Å². The molecule has 0 aliphatic carbocycles. The number of hydrogen-bond donors (Lipinski definition) is 2. The first-order valence-corrected chi connectivity index (χ1v) is 8.98. The van der Waals surface area contributed by atoms with Crippen LogP contribution in [0.15, 0.2) is 21.0 Å². The number of thiazole rings is 1. The molecule has 0 spiro atoms. The van der Waals surface area contributed by atoms with Crippen molar-refractivity contribution in [1.29, 1.82) is 0 Å². The molecule has 2 heterocycles. The Labute approximate surface area is 128 Å². The minimum atomic E-state index is -3.61. The van der Waals surface area contributed by atoms with Crippen LogP contribution < -0.4 is 10.0 Å². The number of hydrogen-bond acceptors (Lipinski definition) is 6. The molecule has 0 amide bonds. The second-order valence-corrected chi connectivity index (χ2v) is 7.27. The second kappa shape index (κ2) is 6.69. The molecule has 2 N–H and O–H groups in total. The van der Waals surface area contributed by atoms with Crippen LogP contribution in [0.4, 0.5) is 0 Å². The lowest BCUT2D eigenvalue weighted by Crippen LogP contribution is -2.25. The Balaban J connectivity index is 2.26. The van der Waals surface area contributed by atoms with Crippen molar-refractivity contribution in [3.8, 4) is 0 Å². The van der Waals surface area contributed by atoms with Crippen LogP contribution in [0.1, 0.15) is 28.9 Å². The van der Waals surface area contributed by atoms with Gasteiger partial charge in [-0.25, -0.2) is 13.1 Å². The largest absolute Gasteiger partial charge is 0.465 e. The number of aromatic nitrogens is 1. The van der Waals surface area contributed by atoms with Gasteiger partial charge in [0.05, 0.1) is 5.51 Å². The Bertz CT molecular complexity index is 691. The summed E-state index contributed by atoms with van der Waals surface area (Å²) in [7, 11) is -3.61. The van der Waals surface area contributed by atoms with Crippen LogP contribution >= 0.6 is 11.3 Å². The second-order valence-electron chi connectivity index (χ2n) is 4.59. The summed E-state index contributed by atoms with van der Waals surface area (Å²) in [6.07, 6.45) is 1.65. The van der Waals surface area contributed by atoms with Gasteiger partial charge in [-0.1, -0.05) is 6.92 Å². The minimum Gasteiger partial charge on any atom is -0.465 e. The van der Waals surface area contributed by atoms with Gasteiger partial charge in [0.2, 0.25) is 10.0 Å².